The van der Waals surface area contributed by atoms with Crippen molar-refractivity contribution in [3.63, 3.8) is 0 Å². The Labute approximate surface area is 189 Å². The minimum atomic E-state index is -0.172. The van der Waals surface area contributed by atoms with Gasteiger partial charge in [-0.15, -0.1) is 11.3 Å². The summed E-state index contributed by atoms with van der Waals surface area (Å²) in [5.74, 6) is 0.439. The fourth-order valence-electron chi connectivity index (χ4n) is 4.24. The lowest BCUT2D eigenvalue weighted by molar-refractivity contribution is -0.132. The molecule has 1 aliphatic rings. The van der Waals surface area contributed by atoms with Gasteiger partial charge in [0.2, 0.25) is 11.7 Å². The van der Waals surface area contributed by atoms with Crippen LogP contribution in [0.5, 0.6) is 5.75 Å². The molecule has 0 N–H and O–H groups in total. The number of likely N-dealkylation sites (tertiary alicyclic amines) is 1. The van der Waals surface area contributed by atoms with Gasteiger partial charge in [-0.05, 0) is 25.0 Å². The second-order valence-corrected chi connectivity index (χ2v) is 8.63. The summed E-state index contributed by atoms with van der Waals surface area (Å²) in [7, 11) is 1.59. The molecule has 7 nitrogen and oxygen atoms in total. The van der Waals surface area contributed by atoms with E-state index in [1.165, 1.54) is 0 Å². The Bertz CT molecular complexity index is 1270. The number of fused-ring (bicyclic) bond motifs is 1. The van der Waals surface area contributed by atoms with Crippen LogP contribution in [0.2, 0.25) is 0 Å². The second-order valence-electron chi connectivity index (χ2n) is 7.70. The maximum Gasteiger partial charge on any atom is 0.244 e. The largest absolute Gasteiger partial charge is 0.497 e. The van der Waals surface area contributed by atoms with Crippen molar-refractivity contribution >= 4 is 33.9 Å². The molecule has 0 saturated carbocycles. The van der Waals surface area contributed by atoms with E-state index in [2.05, 4.69) is 10.1 Å². The van der Waals surface area contributed by atoms with Gasteiger partial charge in [-0.2, -0.15) is 5.10 Å². The highest BCUT2D eigenvalue weighted by molar-refractivity contribution is 7.09. The normalized spacial score (nSPS) is 15.9. The summed E-state index contributed by atoms with van der Waals surface area (Å²) in [5, 5.41) is 8.19. The minimum Gasteiger partial charge on any atom is -0.497 e. The van der Waals surface area contributed by atoms with Crippen LogP contribution in [0.25, 0.3) is 10.9 Å². The van der Waals surface area contributed by atoms with Gasteiger partial charge in [0.25, 0.3) is 0 Å². The number of hydrogen-bond acceptors (Lipinski definition) is 6. The van der Waals surface area contributed by atoms with Crippen LogP contribution < -0.4 is 4.74 Å². The molecule has 32 heavy (non-hydrogen) atoms. The van der Waals surface area contributed by atoms with Gasteiger partial charge in [0.1, 0.15) is 23.0 Å². The molecule has 0 radical (unpaired) electrons. The maximum atomic E-state index is 13.3. The molecule has 3 heterocycles. The first kappa shape index (κ1) is 20.4. The molecule has 1 unspecified atom stereocenters. The van der Waals surface area contributed by atoms with Crippen molar-refractivity contribution in [2.24, 2.45) is 0 Å². The van der Waals surface area contributed by atoms with Crippen LogP contribution in [0.3, 0.4) is 0 Å². The van der Waals surface area contributed by atoms with E-state index in [9.17, 15) is 9.59 Å². The molecule has 8 heteroatoms. The van der Waals surface area contributed by atoms with Crippen LogP contribution in [-0.4, -0.2) is 45.0 Å². The molecular formula is C24H22N4O3S. The number of amides is 1. The average molecular weight is 447 g/mol. The number of hydrogen-bond donors (Lipinski definition) is 0. The number of ether oxygens (including phenoxy) is 1. The zero-order valence-corrected chi connectivity index (χ0v) is 18.4. The van der Waals surface area contributed by atoms with Crippen LogP contribution in [0.1, 0.15) is 39.9 Å². The lowest BCUT2D eigenvalue weighted by Gasteiger charge is -2.23. The Kier molecular flexibility index (Phi) is 5.45. The Morgan fingerprint density at radius 2 is 2.03 bits per heavy atom. The van der Waals surface area contributed by atoms with Crippen LogP contribution >= 0.6 is 11.3 Å². The van der Waals surface area contributed by atoms with Crippen LogP contribution in [0.4, 0.5) is 0 Å². The molecular weight excluding hydrogens is 424 g/mol. The summed E-state index contributed by atoms with van der Waals surface area (Å²) >= 11 is 1.57. The molecule has 0 aliphatic carbocycles. The average Bonchev–Trinajstić information content (AvgIpc) is 3.58. The van der Waals surface area contributed by atoms with Gasteiger partial charge in [0.05, 0.1) is 18.7 Å². The summed E-state index contributed by atoms with van der Waals surface area (Å²) in [5.41, 5.74) is 1.59. The Hall–Kier alpha value is -3.52. The Morgan fingerprint density at radius 1 is 1.19 bits per heavy atom. The van der Waals surface area contributed by atoms with Crippen molar-refractivity contribution in [3.05, 3.63) is 76.4 Å². The zero-order chi connectivity index (χ0) is 22.1. The summed E-state index contributed by atoms with van der Waals surface area (Å²) < 4.78 is 6.99. The van der Waals surface area contributed by atoms with E-state index in [1.807, 2.05) is 40.6 Å². The fraction of sp³-hybridized carbons (Fsp3) is 0.250. The van der Waals surface area contributed by atoms with E-state index < -0.39 is 0 Å². The molecule has 1 fully saturated rings. The van der Waals surface area contributed by atoms with Crippen molar-refractivity contribution in [2.75, 3.05) is 13.7 Å². The molecule has 2 aromatic carbocycles. The van der Waals surface area contributed by atoms with Crippen LogP contribution in [0, 0.1) is 0 Å². The smallest absolute Gasteiger partial charge is 0.244 e. The number of nitrogens with zero attached hydrogens (tertiary/aromatic N) is 4. The summed E-state index contributed by atoms with van der Waals surface area (Å²) in [4.78, 5) is 32.8. The van der Waals surface area contributed by atoms with Gasteiger partial charge < -0.3 is 9.64 Å². The summed E-state index contributed by atoms with van der Waals surface area (Å²) in [6.07, 6.45) is 3.63. The number of carbonyl (C=O) groups is 2. The third-order valence-electron chi connectivity index (χ3n) is 5.80. The Balaban J connectivity index is 1.50. The second kappa shape index (κ2) is 8.55. The van der Waals surface area contributed by atoms with Crippen molar-refractivity contribution in [2.45, 2.75) is 25.4 Å². The van der Waals surface area contributed by atoms with E-state index in [-0.39, 0.29) is 24.3 Å². The number of rotatable bonds is 6. The highest BCUT2D eigenvalue weighted by Crippen LogP contribution is 2.33. The third kappa shape index (κ3) is 3.67. The van der Waals surface area contributed by atoms with E-state index in [0.717, 1.165) is 17.8 Å². The number of thiazole rings is 1. The van der Waals surface area contributed by atoms with Crippen molar-refractivity contribution < 1.29 is 14.3 Å². The maximum absolute atomic E-state index is 13.3. The highest BCUT2D eigenvalue weighted by Gasteiger charge is 2.32. The molecule has 1 saturated heterocycles. The first-order valence-electron chi connectivity index (χ1n) is 10.5. The molecule has 1 aliphatic heterocycles. The van der Waals surface area contributed by atoms with Crippen LogP contribution in [0.15, 0.2) is 60.1 Å². The molecule has 5 rings (SSSR count). The van der Waals surface area contributed by atoms with Crippen LogP contribution in [-0.2, 0) is 11.3 Å². The number of ketones is 1. The van der Waals surface area contributed by atoms with E-state index in [4.69, 9.17) is 4.74 Å². The summed E-state index contributed by atoms with van der Waals surface area (Å²) in [6.45, 7) is 0.745. The first-order valence-corrected chi connectivity index (χ1v) is 11.4. The van der Waals surface area contributed by atoms with E-state index in [0.29, 0.717) is 34.5 Å². The van der Waals surface area contributed by atoms with Crippen molar-refractivity contribution in [1.82, 2.24) is 19.7 Å². The molecule has 0 spiro atoms. The van der Waals surface area contributed by atoms with Gasteiger partial charge in [0, 0.05) is 35.1 Å². The number of methoxy groups -OCH3 is 1. The molecule has 2 aromatic heterocycles. The predicted molar refractivity (Wildman–Crippen MR) is 122 cm³/mol. The molecule has 162 valence electrons. The zero-order valence-electron chi connectivity index (χ0n) is 17.6. The van der Waals surface area contributed by atoms with Gasteiger partial charge in [-0.1, -0.05) is 30.3 Å². The topological polar surface area (TPSA) is 77.3 Å². The van der Waals surface area contributed by atoms with Gasteiger partial charge in [-0.3, -0.25) is 14.3 Å². The number of benzene rings is 2. The van der Waals surface area contributed by atoms with Crippen molar-refractivity contribution in [1.29, 1.82) is 0 Å². The SMILES string of the molecule is COc1ccc2c(C(=O)c3ccccc3)nn(CC(=O)N3CCCC3c3nccs3)c2c1. The van der Waals surface area contributed by atoms with Gasteiger partial charge >= 0.3 is 0 Å². The van der Waals surface area contributed by atoms with Gasteiger partial charge in [0.15, 0.2) is 0 Å². The fourth-order valence-corrected chi connectivity index (χ4v) is 5.02. The molecule has 1 amide bonds. The molecule has 1 atom stereocenters. The number of carbonyl (C=O) groups excluding carboxylic acids is 2. The first-order chi connectivity index (χ1) is 15.7. The minimum absolute atomic E-state index is 0.00397. The summed E-state index contributed by atoms with van der Waals surface area (Å²) in [6, 6.07) is 14.5. The van der Waals surface area contributed by atoms with E-state index in [1.54, 1.807) is 47.5 Å². The lowest BCUT2D eigenvalue weighted by Crippen LogP contribution is -2.33. The molecule has 0 bridgehead atoms. The van der Waals surface area contributed by atoms with Gasteiger partial charge in [-0.25, -0.2) is 4.98 Å². The third-order valence-corrected chi connectivity index (χ3v) is 6.68. The highest BCUT2D eigenvalue weighted by atomic mass is 32.1. The predicted octanol–water partition coefficient (Wildman–Crippen LogP) is 4.10. The lowest BCUT2D eigenvalue weighted by atomic mass is 10.1. The quantitative estimate of drug-likeness (QED) is 0.417. The number of aromatic nitrogens is 3. The Morgan fingerprint density at radius 3 is 2.78 bits per heavy atom. The monoisotopic (exact) mass is 446 g/mol. The van der Waals surface area contributed by atoms with Crippen molar-refractivity contribution in [3.8, 4) is 5.75 Å². The van der Waals surface area contributed by atoms with E-state index >= 15 is 0 Å². The standard InChI is InChI=1S/C24H22N4O3S/c1-31-17-9-10-18-20(14-17)28(26-22(18)23(30)16-6-3-2-4-7-16)15-21(29)27-12-5-8-19(27)24-25-11-13-32-24/h2-4,6-7,9-11,13-14,19H,5,8,12,15H2,1H3. The molecule has 4 aromatic rings.